The minimum absolute atomic E-state index is 0.0780. The first-order valence-corrected chi connectivity index (χ1v) is 11.7. The summed E-state index contributed by atoms with van der Waals surface area (Å²) in [6, 6.07) is -0.547. The molecule has 1 saturated carbocycles. The van der Waals surface area contributed by atoms with Gasteiger partial charge in [-0.05, 0) is 58.5 Å². The molecule has 4 amide bonds. The third kappa shape index (κ3) is 6.43. The van der Waals surface area contributed by atoms with Gasteiger partial charge in [-0.15, -0.1) is 0 Å². The standard InChI is InChI=1S/C22H38N4O3/c1-17(20(27)24-22(29)23-19-9-5-4-6-10-19)25-15-11-18(12-16-25)21(28)26-13-7-2-3-8-14-26/h17-19H,2-16H2,1H3,(H2,23,24,27,29)/t17-/m0/s1. The first-order chi connectivity index (χ1) is 14.0. The number of hydrogen-bond acceptors (Lipinski definition) is 4. The molecule has 164 valence electrons. The molecule has 0 radical (unpaired) electrons. The van der Waals surface area contributed by atoms with Crippen LogP contribution < -0.4 is 10.6 Å². The fourth-order valence-corrected chi connectivity index (χ4v) is 4.93. The normalized spacial score (nSPS) is 23.8. The molecule has 2 heterocycles. The zero-order valence-electron chi connectivity index (χ0n) is 18.0. The maximum Gasteiger partial charge on any atom is 0.321 e. The summed E-state index contributed by atoms with van der Waals surface area (Å²) in [4.78, 5) is 41.6. The summed E-state index contributed by atoms with van der Waals surface area (Å²) < 4.78 is 0. The van der Waals surface area contributed by atoms with Gasteiger partial charge in [0.2, 0.25) is 11.8 Å². The Hall–Kier alpha value is -1.63. The number of urea groups is 1. The highest BCUT2D eigenvalue weighted by Gasteiger charge is 2.32. The molecular weight excluding hydrogens is 368 g/mol. The van der Waals surface area contributed by atoms with Gasteiger partial charge in [-0.2, -0.15) is 0 Å². The van der Waals surface area contributed by atoms with Crippen LogP contribution >= 0.6 is 0 Å². The average molecular weight is 407 g/mol. The molecular formula is C22H38N4O3. The van der Waals surface area contributed by atoms with Crippen LogP contribution in [0, 0.1) is 5.92 Å². The van der Waals surface area contributed by atoms with E-state index in [1.54, 1.807) is 0 Å². The molecule has 0 aromatic rings. The Kier molecular flexibility index (Phi) is 8.33. The van der Waals surface area contributed by atoms with Gasteiger partial charge >= 0.3 is 6.03 Å². The van der Waals surface area contributed by atoms with E-state index in [1.165, 1.54) is 19.3 Å². The fourth-order valence-electron chi connectivity index (χ4n) is 4.93. The average Bonchev–Trinajstić information content (AvgIpc) is 3.03. The van der Waals surface area contributed by atoms with Crippen molar-refractivity contribution in [1.82, 2.24) is 20.4 Å². The number of amides is 4. The highest BCUT2D eigenvalue weighted by molar-refractivity contribution is 5.96. The van der Waals surface area contributed by atoms with Crippen LogP contribution in [0.4, 0.5) is 4.79 Å². The van der Waals surface area contributed by atoms with Crippen molar-refractivity contribution in [2.24, 2.45) is 5.92 Å². The summed E-state index contributed by atoms with van der Waals surface area (Å²) in [7, 11) is 0. The molecule has 0 unspecified atom stereocenters. The van der Waals surface area contributed by atoms with E-state index in [2.05, 4.69) is 20.4 Å². The summed E-state index contributed by atoms with van der Waals surface area (Å²) in [6.07, 6.45) is 11.8. The molecule has 2 N–H and O–H groups in total. The number of hydrogen-bond donors (Lipinski definition) is 2. The van der Waals surface area contributed by atoms with E-state index in [1.807, 2.05) is 6.92 Å². The molecule has 1 atom stereocenters. The second-order valence-corrected chi connectivity index (χ2v) is 9.02. The summed E-state index contributed by atoms with van der Waals surface area (Å²) in [6.45, 7) is 5.09. The van der Waals surface area contributed by atoms with Crippen LogP contribution in [-0.2, 0) is 9.59 Å². The Morgan fingerprint density at radius 1 is 0.793 bits per heavy atom. The quantitative estimate of drug-likeness (QED) is 0.752. The van der Waals surface area contributed by atoms with Gasteiger partial charge < -0.3 is 10.2 Å². The van der Waals surface area contributed by atoms with Gasteiger partial charge in [0, 0.05) is 25.0 Å². The highest BCUT2D eigenvalue weighted by Crippen LogP contribution is 2.23. The molecule has 2 saturated heterocycles. The first kappa shape index (κ1) is 22.1. The van der Waals surface area contributed by atoms with Gasteiger partial charge in [-0.1, -0.05) is 32.1 Å². The number of likely N-dealkylation sites (tertiary alicyclic amines) is 2. The lowest BCUT2D eigenvalue weighted by molar-refractivity contribution is -0.137. The Labute approximate surface area is 174 Å². The molecule has 0 spiro atoms. The van der Waals surface area contributed by atoms with Crippen molar-refractivity contribution >= 4 is 17.8 Å². The second kappa shape index (κ2) is 11.0. The topological polar surface area (TPSA) is 81.8 Å². The van der Waals surface area contributed by atoms with Crippen LogP contribution in [0.3, 0.4) is 0 Å². The third-order valence-electron chi connectivity index (χ3n) is 6.90. The van der Waals surface area contributed by atoms with Crippen LogP contribution in [0.25, 0.3) is 0 Å². The minimum atomic E-state index is -0.375. The zero-order chi connectivity index (χ0) is 20.6. The molecule has 29 heavy (non-hydrogen) atoms. The lowest BCUT2D eigenvalue weighted by atomic mass is 9.94. The first-order valence-electron chi connectivity index (χ1n) is 11.7. The second-order valence-electron chi connectivity index (χ2n) is 9.02. The molecule has 7 heteroatoms. The summed E-state index contributed by atoms with van der Waals surface area (Å²) in [5, 5.41) is 5.44. The zero-order valence-corrected chi connectivity index (χ0v) is 18.0. The lowest BCUT2D eigenvalue weighted by Gasteiger charge is -2.36. The van der Waals surface area contributed by atoms with Gasteiger partial charge in [0.05, 0.1) is 6.04 Å². The van der Waals surface area contributed by atoms with Crippen LogP contribution in [-0.4, -0.2) is 65.9 Å². The maximum atomic E-state index is 12.8. The largest absolute Gasteiger partial charge is 0.342 e. The van der Waals surface area contributed by atoms with Gasteiger partial charge in [0.25, 0.3) is 0 Å². The van der Waals surface area contributed by atoms with Gasteiger partial charge in [-0.25, -0.2) is 4.79 Å². The minimum Gasteiger partial charge on any atom is -0.342 e. The van der Waals surface area contributed by atoms with Crippen LogP contribution in [0.5, 0.6) is 0 Å². The van der Waals surface area contributed by atoms with Crippen LogP contribution in [0.2, 0.25) is 0 Å². The summed E-state index contributed by atoms with van der Waals surface area (Å²) in [5.41, 5.74) is 0. The molecule has 2 aliphatic heterocycles. The molecule has 0 bridgehead atoms. The van der Waals surface area contributed by atoms with Crippen molar-refractivity contribution in [3.05, 3.63) is 0 Å². The van der Waals surface area contributed by atoms with E-state index in [0.717, 1.165) is 77.5 Å². The molecule has 7 nitrogen and oxygen atoms in total. The van der Waals surface area contributed by atoms with Crippen molar-refractivity contribution in [2.45, 2.75) is 89.6 Å². The van der Waals surface area contributed by atoms with Gasteiger partial charge in [-0.3, -0.25) is 19.8 Å². The monoisotopic (exact) mass is 406 g/mol. The van der Waals surface area contributed by atoms with Crippen molar-refractivity contribution < 1.29 is 14.4 Å². The SMILES string of the molecule is C[C@@H](C(=O)NC(=O)NC1CCCCC1)N1CCC(C(=O)N2CCCCCC2)CC1. The van der Waals surface area contributed by atoms with E-state index in [0.29, 0.717) is 5.91 Å². The van der Waals surface area contributed by atoms with E-state index >= 15 is 0 Å². The third-order valence-corrected chi connectivity index (χ3v) is 6.90. The number of rotatable bonds is 4. The van der Waals surface area contributed by atoms with Crippen LogP contribution in [0.1, 0.15) is 77.6 Å². The summed E-state index contributed by atoms with van der Waals surface area (Å²) in [5.74, 6) is 0.125. The predicted molar refractivity (Wildman–Crippen MR) is 112 cm³/mol. The van der Waals surface area contributed by atoms with Crippen LogP contribution in [0.15, 0.2) is 0 Å². The number of carbonyl (C=O) groups excluding carboxylic acids is 3. The number of nitrogens with zero attached hydrogens (tertiary/aromatic N) is 2. The lowest BCUT2D eigenvalue weighted by Crippen LogP contribution is -2.53. The molecule has 3 fully saturated rings. The van der Waals surface area contributed by atoms with E-state index in [4.69, 9.17) is 0 Å². The number of imide groups is 1. The molecule has 0 aromatic carbocycles. The van der Waals surface area contributed by atoms with Crippen molar-refractivity contribution in [2.75, 3.05) is 26.2 Å². The molecule has 1 aliphatic carbocycles. The Morgan fingerprint density at radius 3 is 2.00 bits per heavy atom. The summed E-state index contributed by atoms with van der Waals surface area (Å²) >= 11 is 0. The predicted octanol–water partition coefficient (Wildman–Crippen LogP) is 2.65. The van der Waals surface area contributed by atoms with E-state index < -0.39 is 0 Å². The molecule has 3 rings (SSSR count). The number of carbonyl (C=O) groups is 3. The molecule has 0 aromatic heterocycles. The Balaban J connectivity index is 1.40. The van der Waals surface area contributed by atoms with E-state index in [-0.39, 0.29) is 29.9 Å². The Morgan fingerprint density at radius 2 is 1.38 bits per heavy atom. The Bertz CT molecular complexity index is 560. The smallest absolute Gasteiger partial charge is 0.321 e. The van der Waals surface area contributed by atoms with Crippen molar-refractivity contribution in [1.29, 1.82) is 0 Å². The molecule has 3 aliphatic rings. The van der Waals surface area contributed by atoms with Crippen molar-refractivity contribution in [3.63, 3.8) is 0 Å². The number of nitrogens with one attached hydrogen (secondary N) is 2. The van der Waals surface area contributed by atoms with Crippen molar-refractivity contribution in [3.8, 4) is 0 Å². The number of piperidine rings is 1. The fraction of sp³-hybridized carbons (Fsp3) is 0.864. The maximum absolute atomic E-state index is 12.8. The van der Waals surface area contributed by atoms with Gasteiger partial charge in [0.1, 0.15) is 0 Å². The highest BCUT2D eigenvalue weighted by atomic mass is 16.2. The van der Waals surface area contributed by atoms with E-state index in [9.17, 15) is 14.4 Å². The van der Waals surface area contributed by atoms with Gasteiger partial charge in [0.15, 0.2) is 0 Å².